The minimum absolute atomic E-state index is 0.135. The summed E-state index contributed by atoms with van der Waals surface area (Å²) in [7, 11) is 1.40. The van der Waals surface area contributed by atoms with Crippen LogP contribution in [0, 0.1) is 5.82 Å². The lowest BCUT2D eigenvalue weighted by molar-refractivity contribution is 0.176. The molecule has 2 aromatic rings. The van der Waals surface area contributed by atoms with Gasteiger partial charge in [-0.25, -0.2) is 4.39 Å². The van der Waals surface area contributed by atoms with Gasteiger partial charge in [0, 0.05) is 18.3 Å². The van der Waals surface area contributed by atoms with Crippen molar-refractivity contribution in [1.82, 2.24) is 4.98 Å². The van der Waals surface area contributed by atoms with Crippen molar-refractivity contribution >= 4 is 0 Å². The van der Waals surface area contributed by atoms with Crippen LogP contribution in [0.2, 0.25) is 0 Å². The third-order valence-corrected chi connectivity index (χ3v) is 3.26. The summed E-state index contributed by atoms with van der Waals surface area (Å²) >= 11 is 0. The van der Waals surface area contributed by atoms with Gasteiger partial charge >= 0.3 is 0 Å². The molecule has 1 unspecified atom stereocenters. The van der Waals surface area contributed by atoms with E-state index in [0.29, 0.717) is 12.0 Å². The highest BCUT2D eigenvalue weighted by molar-refractivity contribution is 5.32. The van der Waals surface area contributed by atoms with Crippen LogP contribution in [-0.2, 0) is 12.8 Å². The summed E-state index contributed by atoms with van der Waals surface area (Å²) < 4.78 is 18.2. The lowest BCUT2D eigenvalue weighted by atomic mass is 10.0. The second kappa shape index (κ2) is 6.48. The fourth-order valence-corrected chi connectivity index (χ4v) is 1.98. The Balaban J connectivity index is 2.12. The predicted molar refractivity (Wildman–Crippen MR) is 75.2 cm³/mol. The van der Waals surface area contributed by atoms with Gasteiger partial charge in [-0.1, -0.05) is 19.1 Å². The number of aliphatic hydroxyl groups excluding tert-OH is 1. The van der Waals surface area contributed by atoms with Crippen LogP contribution < -0.4 is 4.74 Å². The third kappa shape index (κ3) is 3.33. The Hall–Kier alpha value is -1.94. The van der Waals surface area contributed by atoms with Crippen molar-refractivity contribution < 1.29 is 14.2 Å². The first-order chi connectivity index (χ1) is 9.63. The van der Waals surface area contributed by atoms with Crippen LogP contribution in [0.3, 0.4) is 0 Å². The van der Waals surface area contributed by atoms with Crippen molar-refractivity contribution in [3.8, 4) is 5.75 Å². The average Bonchev–Trinajstić information content (AvgIpc) is 2.48. The van der Waals surface area contributed by atoms with Gasteiger partial charge in [-0.05, 0) is 35.7 Å². The van der Waals surface area contributed by atoms with Crippen molar-refractivity contribution in [2.45, 2.75) is 25.9 Å². The molecule has 0 aliphatic heterocycles. The molecule has 0 bridgehead atoms. The van der Waals surface area contributed by atoms with E-state index < -0.39 is 11.9 Å². The van der Waals surface area contributed by atoms with Gasteiger partial charge in [0.15, 0.2) is 11.6 Å². The Bertz CT molecular complexity index is 569. The highest BCUT2D eigenvalue weighted by atomic mass is 19.1. The maximum absolute atomic E-state index is 13.3. The van der Waals surface area contributed by atoms with E-state index >= 15 is 0 Å². The highest BCUT2D eigenvalue weighted by Crippen LogP contribution is 2.24. The zero-order valence-electron chi connectivity index (χ0n) is 11.6. The molecule has 0 saturated heterocycles. The molecule has 0 aliphatic carbocycles. The number of halogens is 1. The van der Waals surface area contributed by atoms with E-state index in [1.165, 1.54) is 19.2 Å². The molecule has 3 nitrogen and oxygen atoms in total. The van der Waals surface area contributed by atoms with Gasteiger partial charge in [0.1, 0.15) is 0 Å². The van der Waals surface area contributed by atoms with Crippen molar-refractivity contribution in [3.05, 3.63) is 59.2 Å². The Labute approximate surface area is 118 Å². The molecule has 2 rings (SSSR count). The smallest absolute Gasteiger partial charge is 0.165 e. The maximum atomic E-state index is 13.3. The molecule has 0 saturated carbocycles. The number of aliphatic hydroxyl groups is 1. The molecular weight excluding hydrogens is 257 g/mol. The van der Waals surface area contributed by atoms with Crippen molar-refractivity contribution in [2.24, 2.45) is 0 Å². The minimum atomic E-state index is -0.732. The average molecular weight is 275 g/mol. The molecule has 1 N–H and O–H groups in total. The van der Waals surface area contributed by atoms with Gasteiger partial charge in [-0.15, -0.1) is 0 Å². The standard InChI is InChI=1S/C16H18FNO2/c1-3-11-4-6-13(18-10-11)9-15(19)12-5-7-14(17)16(8-12)20-2/h4-8,10,15,19H,3,9H2,1-2H3. The Kier molecular flexibility index (Phi) is 4.69. The summed E-state index contributed by atoms with van der Waals surface area (Å²) in [5.41, 5.74) is 2.58. The van der Waals surface area contributed by atoms with E-state index in [2.05, 4.69) is 11.9 Å². The summed E-state index contributed by atoms with van der Waals surface area (Å²) in [5, 5.41) is 10.2. The third-order valence-electron chi connectivity index (χ3n) is 3.26. The molecule has 106 valence electrons. The molecule has 20 heavy (non-hydrogen) atoms. The zero-order chi connectivity index (χ0) is 14.5. The SMILES string of the molecule is CCc1ccc(CC(O)c2ccc(F)c(OC)c2)nc1. The lowest BCUT2D eigenvalue weighted by Crippen LogP contribution is -2.04. The minimum Gasteiger partial charge on any atom is -0.494 e. The number of hydrogen-bond donors (Lipinski definition) is 1. The van der Waals surface area contributed by atoms with Crippen LogP contribution in [0.1, 0.15) is 29.8 Å². The Morgan fingerprint density at radius 3 is 2.70 bits per heavy atom. The zero-order valence-corrected chi connectivity index (χ0v) is 11.6. The van der Waals surface area contributed by atoms with Crippen LogP contribution in [0.15, 0.2) is 36.5 Å². The van der Waals surface area contributed by atoms with Crippen LogP contribution in [0.25, 0.3) is 0 Å². The van der Waals surface area contributed by atoms with E-state index in [-0.39, 0.29) is 5.75 Å². The largest absolute Gasteiger partial charge is 0.494 e. The monoisotopic (exact) mass is 275 g/mol. The molecule has 1 aromatic carbocycles. The summed E-state index contributed by atoms with van der Waals surface area (Å²) in [6.45, 7) is 2.07. The van der Waals surface area contributed by atoms with Crippen molar-refractivity contribution in [1.29, 1.82) is 0 Å². The predicted octanol–water partition coefficient (Wildman–Crippen LogP) is 3.07. The first-order valence-electron chi connectivity index (χ1n) is 6.59. The van der Waals surface area contributed by atoms with E-state index in [4.69, 9.17) is 4.74 Å². The van der Waals surface area contributed by atoms with Gasteiger partial charge in [0.2, 0.25) is 0 Å². The number of hydrogen-bond acceptors (Lipinski definition) is 3. The molecule has 1 atom stereocenters. The maximum Gasteiger partial charge on any atom is 0.165 e. The van der Waals surface area contributed by atoms with E-state index in [9.17, 15) is 9.50 Å². The normalized spacial score (nSPS) is 12.2. The van der Waals surface area contributed by atoms with E-state index in [0.717, 1.165) is 17.7 Å². The number of pyridine rings is 1. The molecule has 0 aliphatic rings. The number of benzene rings is 1. The van der Waals surface area contributed by atoms with Gasteiger partial charge < -0.3 is 9.84 Å². The summed E-state index contributed by atoms with van der Waals surface area (Å²) in [6.07, 6.45) is 2.40. The molecule has 0 spiro atoms. The number of methoxy groups -OCH3 is 1. The van der Waals surface area contributed by atoms with Crippen molar-refractivity contribution in [2.75, 3.05) is 7.11 Å². The number of aromatic nitrogens is 1. The van der Waals surface area contributed by atoms with Crippen LogP contribution >= 0.6 is 0 Å². The Morgan fingerprint density at radius 1 is 1.30 bits per heavy atom. The van der Waals surface area contributed by atoms with Crippen molar-refractivity contribution in [3.63, 3.8) is 0 Å². The second-order valence-corrected chi connectivity index (χ2v) is 4.63. The van der Waals surface area contributed by atoms with E-state index in [1.54, 1.807) is 6.07 Å². The number of nitrogens with zero attached hydrogens (tertiary/aromatic N) is 1. The molecule has 0 radical (unpaired) electrons. The highest BCUT2D eigenvalue weighted by Gasteiger charge is 2.12. The molecular formula is C16H18FNO2. The van der Waals surface area contributed by atoms with Gasteiger partial charge in [-0.3, -0.25) is 4.98 Å². The number of rotatable bonds is 5. The topological polar surface area (TPSA) is 42.4 Å². The first kappa shape index (κ1) is 14.5. The molecule has 1 heterocycles. The van der Waals surface area contributed by atoms with Gasteiger partial charge in [0.05, 0.1) is 13.2 Å². The number of ether oxygens (including phenoxy) is 1. The quantitative estimate of drug-likeness (QED) is 0.912. The van der Waals surface area contributed by atoms with Crippen LogP contribution in [-0.4, -0.2) is 17.2 Å². The molecule has 0 amide bonds. The summed E-state index contributed by atoms with van der Waals surface area (Å²) in [4.78, 5) is 4.31. The fourth-order valence-electron chi connectivity index (χ4n) is 1.98. The van der Waals surface area contributed by atoms with Crippen LogP contribution in [0.5, 0.6) is 5.75 Å². The first-order valence-corrected chi connectivity index (χ1v) is 6.59. The summed E-state index contributed by atoms with van der Waals surface area (Å²) in [5.74, 6) is -0.301. The van der Waals surface area contributed by atoms with Crippen LogP contribution in [0.4, 0.5) is 4.39 Å². The fraction of sp³-hybridized carbons (Fsp3) is 0.312. The Morgan fingerprint density at radius 2 is 2.10 bits per heavy atom. The van der Waals surface area contributed by atoms with Gasteiger partial charge in [-0.2, -0.15) is 0 Å². The summed E-state index contributed by atoms with van der Waals surface area (Å²) in [6, 6.07) is 8.28. The molecule has 0 fully saturated rings. The lowest BCUT2D eigenvalue weighted by Gasteiger charge is -2.12. The van der Waals surface area contributed by atoms with E-state index in [1.807, 2.05) is 18.3 Å². The second-order valence-electron chi connectivity index (χ2n) is 4.63. The van der Waals surface area contributed by atoms with Gasteiger partial charge in [0.25, 0.3) is 0 Å². The molecule has 4 heteroatoms. The molecule has 1 aromatic heterocycles. The number of aryl methyl sites for hydroxylation is 1.